The first kappa shape index (κ1) is 14.1. The molecule has 0 radical (unpaired) electrons. The SMILES string of the molecule is OC1(C(F)(F)F)CCCN(c2ncnc3[nH]ncc23)CC1. The predicted molar refractivity (Wildman–Crippen MR) is 68.8 cm³/mol. The first-order valence-corrected chi connectivity index (χ1v) is 6.59. The third-order valence-corrected chi connectivity index (χ3v) is 3.87. The van der Waals surface area contributed by atoms with Crippen LogP contribution in [-0.4, -0.2) is 50.1 Å². The van der Waals surface area contributed by atoms with Gasteiger partial charge in [-0.25, -0.2) is 9.97 Å². The van der Waals surface area contributed by atoms with Crippen LogP contribution in [0, 0.1) is 0 Å². The minimum Gasteiger partial charge on any atom is -0.380 e. The highest BCUT2D eigenvalue weighted by Crippen LogP contribution is 2.39. The lowest BCUT2D eigenvalue weighted by Crippen LogP contribution is -2.45. The third-order valence-electron chi connectivity index (χ3n) is 3.87. The Labute approximate surface area is 118 Å². The Morgan fingerprint density at radius 2 is 2.05 bits per heavy atom. The minimum absolute atomic E-state index is 0.0767. The molecule has 3 rings (SSSR count). The van der Waals surface area contributed by atoms with Crippen LogP contribution in [0.2, 0.25) is 0 Å². The smallest absolute Gasteiger partial charge is 0.380 e. The molecule has 0 spiro atoms. The lowest BCUT2D eigenvalue weighted by molar-refractivity contribution is -0.263. The quantitative estimate of drug-likeness (QED) is 0.837. The van der Waals surface area contributed by atoms with E-state index in [2.05, 4.69) is 20.2 Å². The molecule has 0 amide bonds. The molecule has 3 heterocycles. The number of alkyl halides is 3. The molecule has 1 aliphatic heterocycles. The Balaban J connectivity index is 1.87. The van der Waals surface area contributed by atoms with Crippen molar-refractivity contribution in [3.63, 3.8) is 0 Å². The summed E-state index contributed by atoms with van der Waals surface area (Å²) < 4.78 is 38.8. The molecule has 0 saturated carbocycles. The van der Waals surface area contributed by atoms with Gasteiger partial charge >= 0.3 is 6.18 Å². The molecule has 1 fully saturated rings. The molecule has 1 unspecified atom stereocenters. The zero-order chi connectivity index (χ0) is 15.1. The number of aliphatic hydroxyl groups is 1. The van der Waals surface area contributed by atoms with Crippen LogP contribution in [0.5, 0.6) is 0 Å². The van der Waals surface area contributed by atoms with Crippen LogP contribution in [0.3, 0.4) is 0 Å². The van der Waals surface area contributed by atoms with Crippen molar-refractivity contribution in [2.75, 3.05) is 18.0 Å². The van der Waals surface area contributed by atoms with E-state index in [4.69, 9.17) is 0 Å². The largest absolute Gasteiger partial charge is 0.417 e. The second-order valence-corrected chi connectivity index (χ2v) is 5.20. The molecule has 114 valence electrons. The fraction of sp³-hybridized carbons (Fsp3) is 0.583. The van der Waals surface area contributed by atoms with E-state index < -0.39 is 11.8 Å². The topological polar surface area (TPSA) is 77.9 Å². The van der Waals surface area contributed by atoms with Crippen molar-refractivity contribution in [3.05, 3.63) is 12.5 Å². The van der Waals surface area contributed by atoms with E-state index in [1.807, 2.05) is 0 Å². The van der Waals surface area contributed by atoms with Gasteiger partial charge in [-0.15, -0.1) is 0 Å². The molecule has 9 heteroatoms. The third kappa shape index (κ3) is 2.41. The highest BCUT2D eigenvalue weighted by molar-refractivity contribution is 5.86. The lowest BCUT2D eigenvalue weighted by Gasteiger charge is -2.29. The van der Waals surface area contributed by atoms with Gasteiger partial charge in [0.15, 0.2) is 11.2 Å². The molecule has 2 aromatic heterocycles. The summed E-state index contributed by atoms with van der Waals surface area (Å²) in [7, 11) is 0. The second-order valence-electron chi connectivity index (χ2n) is 5.20. The van der Waals surface area contributed by atoms with Crippen molar-refractivity contribution in [2.45, 2.75) is 31.0 Å². The summed E-state index contributed by atoms with van der Waals surface area (Å²) >= 11 is 0. The van der Waals surface area contributed by atoms with Gasteiger partial charge < -0.3 is 10.0 Å². The average molecular weight is 301 g/mol. The summed E-state index contributed by atoms with van der Waals surface area (Å²) in [5.74, 6) is 0.542. The minimum atomic E-state index is -4.61. The Morgan fingerprint density at radius 1 is 1.24 bits per heavy atom. The van der Waals surface area contributed by atoms with Gasteiger partial charge in [0.25, 0.3) is 0 Å². The highest BCUT2D eigenvalue weighted by atomic mass is 19.4. The maximum atomic E-state index is 12.9. The van der Waals surface area contributed by atoms with Gasteiger partial charge in [0, 0.05) is 19.5 Å². The van der Waals surface area contributed by atoms with Crippen molar-refractivity contribution in [1.82, 2.24) is 20.2 Å². The lowest BCUT2D eigenvalue weighted by atomic mass is 9.94. The van der Waals surface area contributed by atoms with Gasteiger partial charge in [0.2, 0.25) is 0 Å². The molecule has 1 aliphatic rings. The Bertz CT molecular complexity index is 643. The molecular weight excluding hydrogens is 287 g/mol. The first-order chi connectivity index (χ1) is 9.91. The molecule has 2 N–H and O–H groups in total. The van der Waals surface area contributed by atoms with E-state index in [0.717, 1.165) is 0 Å². The molecule has 1 atom stereocenters. The van der Waals surface area contributed by atoms with E-state index >= 15 is 0 Å². The number of aromatic amines is 1. The van der Waals surface area contributed by atoms with Crippen molar-refractivity contribution in [1.29, 1.82) is 0 Å². The first-order valence-electron chi connectivity index (χ1n) is 6.59. The van der Waals surface area contributed by atoms with Crippen LogP contribution in [0.25, 0.3) is 11.0 Å². The number of hydrogen-bond acceptors (Lipinski definition) is 5. The number of H-pyrrole nitrogens is 1. The zero-order valence-electron chi connectivity index (χ0n) is 11.1. The standard InChI is InChI=1S/C12H14F3N5O/c13-12(14,15)11(21)2-1-4-20(5-3-11)10-8-6-18-19-9(8)16-7-17-10/h6-7,21H,1-5H2,(H,16,17,18,19). The zero-order valence-corrected chi connectivity index (χ0v) is 11.1. The molecule has 0 bridgehead atoms. The van der Waals surface area contributed by atoms with Crippen LogP contribution < -0.4 is 4.90 Å². The number of anilines is 1. The van der Waals surface area contributed by atoms with Gasteiger partial charge in [-0.2, -0.15) is 18.3 Å². The van der Waals surface area contributed by atoms with E-state index in [0.29, 0.717) is 23.4 Å². The van der Waals surface area contributed by atoms with Gasteiger partial charge in [0.05, 0.1) is 11.6 Å². The molecule has 2 aromatic rings. The fourth-order valence-electron chi connectivity index (χ4n) is 2.62. The molecule has 0 aromatic carbocycles. The number of fused-ring (bicyclic) bond motifs is 1. The highest BCUT2D eigenvalue weighted by Gasteiger charge is 2.53. The van der Waals surface area contributed by atoms with Crippen molar-refractivity contribution >= 4 is 16.9 Å². The van der Waals surface area contributed by atoms with Crippen molar-refractivity contribution in [2.24, 2.45) is 0 Å². The summed E-state index contributed by atoms with van der Waals surface area (Å²) in [6.07, 6.45) is -2.16. The van der Waals surface area contributed by atoms with Gasteiger partial charge in [-0.1, -0.05) is 0 Å². The molecule has 1 saturated heterocycles. The molecule has 6 nitrogen and oxygen atoms in total. The van der Waals surface area contributed by atoms with E-state index in [1.165, 1.54) is 6.33 Å². The number of hydrogen-bond donors (Lipinski definition) is 2. The number of rotatable bonds is 1. The van der Waals surface area contributed by atoms with Crippen molar-refractivity contribution < 1.29 is 18.3 Å². The fourth-order valence-corrected chi connectivity index (χ4v) is 2.62. The average Bonchev–Trinajstić information content (AvgIpc) is 2.80. The molecule has 0 aliphatic carbocycles. The van der Waals surface area contributed by atoms with E-state index in [-0.39, 0.29) is 25.8 Å². The second kappa shape index (κ2) is 4.83. The monoisotopic (exact) mass is 301 g/mol. The summed E-state index contributed by atoms with van der Waals surface area (Å²) in [5.41, 5.74) is -2.08. The van der Waals surface area contributed by atoms with Gasteiger partial charge in [-0.3, -0.25) is 5.10 Å². The van der Waals surface area contributed by atoms with Crippen LogP contribution in [0.15, 0.2) is 12.5 Å². The number of nitrogens with zero attached hydrogens (tertiary/aromatic N) is 4. The normalized spacial score (nSPS) is 24.3. The number of halogens is 3. The Kier molecular flexibility index (Phi) is 3.23. The van der Waals surface area contributed by atoms with E-state index in [9.17, 15) is 18.3 Å². The van der Waals surface area contributed by atoms with Crippen molar-refractivity contribution in [3.8, 4) is 0 Å². The van der Waals surface area contributed by atoms with Crippen LogP contribution in [0.4, 0.5) is 19.0 Å². The summed E-state index contributed by atoms with van der Waals surface area (Å²) in [6, 6.07) is 0. The summed E-state index contributed by atoms with van der Waals surface area (Å²) in [6.45, 7) is 0.475. The predicted octanol–water partition coefficient (Wildman–Crippen LogP) is 1.64. The summed E-state index contributed by atoms with van der Waals surface area (Å²) in [4.78, 5) is 9.89. The molecule has 21 heavy (non-hydrogen) atoms. The Hall–Kier alpha value is -1.90. The van der Waals surface area contributed by atoms with E-state index in [1.54, 1.807) is 11.1 Å². The Morgan fingerprint density at radius 3 is 2.81 bits per heavy atom. The molecular formula is C12H14F3N5O. The maximum absolute atomic E-state index is 12.9. The van der Waals surface area contributed by atoms with Gasteiger partial charge in [-0.05, 0) is 12.8 Å². The summed E-state index contributed by atoms with van der Waals surface area (Å²) in [5, 5.41) is 17.0. The van der Waals surface area contributed by atoms with Crippen LogP contribution >= 0.6 is 0 Å². The van der Waals surface area contributed by atoms with Gasteiger partial charge in [0.1, 0.15) is 12.1 Å². The maximum Gasteiger partial charge on any atom is 0.417 e. The number of aromatic nitrogens is 4. The van der Waals surface area contributed by atoms with Crippen LogP contribution in [-0.2, 0) is 0 Å². The number of nitrogens with one attached hydrogen (secondary N) is 1. The van der Waals surface area contributed by atoms with Crippen LogP contribution in [0.1, 0.15) is 19.3 Å².